The lowest BCUT2D eigenvalue weighted by Gasteiger charge is -2.39. The van der Waals surface area contributed by atoms with Crippen LogP contribution in [0.1, 0.15) is 6.42 Å². The monoisotopic (exact) mass is 398 g/mol. The number of aromatic nitrogens is 2. The van der Waals surface area contributed by atoms with Crippen LogP contribution in [0.15, 0.2) is 35.1 Å². The molecule has 2 aliphatic heterocycles. The largest absolute Gasteiger partial charge is 0.409 e. The van der Waals surface area contributed by atoms with E-state index >= 15 is 0 Å². The molecule has 0 amide bonds. The summed E-state index contributed by atoms with van der Waals surface area (Å²) >= 11 is 0. The van der Waals surface area contributed by atoms with Crippen molar-refractivity contribution in [3.8, 4) is 0 Å². The van der Waals surface area contributed by atoms with Gasteiger partial charge in [-0.2, -0.15) is 18.2 Å². The molecule has 0 aliphatic carbocycles. The van der Waals surface area contributed by atoms with Gasteiger partial charge in [-0.05, 0) is 30.7 Å². The smallest absolute Gasteiger partial charge is 0.378 e. The van der Waals surface area contributed by atoms with E-state index < -0.39 is 23.6 Å². The molecule has 3 heterocycles. The van der Waals surface area contributed by atoms with Crippen molar-refractivity contribution in [1.82, 2.24) is 9.55 Å². The van der Waals surface area contributed by atoms with Crippen molar-refractivity contribution in [2.75, 3.05) is 36.1 Å². The molecule has 0 bridgehead atoms. The number of fused-ring (bicyclic) bond motifs is 1. The molecule has 28 heavy (non-hydrogen) atoms. The van der Waals surface area contributed by atoms with Crippen molar-refractivity contribution in [2.45, 2.75) is 25.2 Å². The normalized spacial score (nSPS) is 20.2. The van der Waals surface area contributed by atoms with Crippen LogP contribution in [0.4, 0.5) is 35.0 Å². The van der Waals surface area contributed by atoms with Gasteiger partial charge in [0.15, 0.2) is 0 Å². The Morgan fingerprint density at radius 1 is 1.07 bits per heavy atom. The third kappa shape index (κ3) is 3.44. The second-order valence-electron chi connectivity index (χ2n) is 6.70. The Balaban J connectivity index is 1.85. The third-order valence-electron chi connectivity index (χ3n) is 4.95. The first-order chi connectivity index (χ1) is 13.3. The number of anilines is 3. The Bertz CT molecular complexity index is 907. The van der Waals surface area contributed by atoms with Crippen LogP contribution in [0.5, 0.6) is 0 Å². The molecule has 0 saturated carbocycles. The fraction of sp³-hybridized carbons (Fsp3) is 0.444. The molecular weight excluding hydrogens is 380 g/mol. The molecule has 0 radical (unpaired) electrons. The summed E-state index contributed by atoms with van der Waals surface area (Å²) in [5.74, 6) is -0.333. The predicted molar refractivity (Wildman–Crippen MR) is 94.5 cm³/mol. The van der Waals surface area contributed by atoms with Crippen molar-refractivity contribution < 1.29 is 22.3 Å². The topological polar surface area (TPSA) is 50.6 Å². The molecule has 1 saturated heterocycles. The highest BCUT2D eigenvalue weighted by Gasteiger charge is 2.47. The lowest BCUT2D eigenvalue weighted by molar-refractivity contribution is -0.150. The summed E-state index contributed by atoms with van der Waals surface area (Å²) in [4.78, 5) is 19.8. The molecule has 1 atom stereocenters. The van der Waals surface area contributed by atoms with E-state index in [4.69, 9.17) is 4.74 Å². The molecule has 6 nitrogen and oxygen atoms in total. The summed E-state index contributed by atoms with van der Waals surface area (Å²) in [6.07, 6.45) is -4.83. The van der Waals surface area contributed by atoms with Crippen molar-refractivity contribution in [2.24, 2.45) is 0 Å². The second-order valence-corrected chi connectivity index (χ2v) is 6.70. The molecule has 2 aliphatic rings. The van der Waals surface area contributed by atoms with Gasteiger partial charge in [0.05, 0.1) is 13.2 Å². The molecule has 2 aromatic rings. The maximum atomic E-state index is 13.7. The highest BCUT2D eigenvalue weighted by Crippen LogP contribution is 2.39. The molecule has 1 aromatic carbocycles. The van der Waals surface area contributed by atoms with Crippen LogP contribution in [0.3, 0.4) is 0 Å². The Hall–Kier alpha value is -2.62. The highest BCUT2D eigenvalue weighted by atomic mass is 19.4. The minimum Gasteiger partial charge on any atom is -0.378 e. The summed E-state index contributed by atoms with van der Waals surface area (Å²) in [5.41, 5.74) is -0.289. The highest BCUT2D eigenvalue weighted by molar-refractivity contribution is 5.61. The number of morpholine rings is 1. The van der Waals surface area contributed by atoms with E-state index in [0.717, 1.165) is 17.0 Å². The van der Waals surface area contributed by atoms with Crippen LogP contribution in [0, 0.1) is 5.82 Å². The molecule has 1 unspecified atom stereocenters. The summed E-state index contributed by atoms with van der Waals surface area (Å²) in [5, 5.41) is 0. The van der Waals surface area contributed by atoms with Crippen LogP contribution in [-0.4, -0.2) is 48.1 Å². The standard InChI is InChI=1S/C18H18F4N4O2/c19-12-1-3-13(4-2-12)26-14(18(20,21)22)5-6-25-16(27)11-15(23-17(25)26)24-7-9-28-10-8-24/h1-4,11,14H,5-10H2. The predicted octanol–water partition coefficient (Wildman–Crippen LogP) is 2.69. The molecule has 0 N–H and O–H groups in total. The molecular formula is C18H18F4N4O2. The summed E-state index contributed by atoms with van der Waals surface area (Å²) < 4.78 is 61.1. The second kappa shape index (κ2) is 7.08. The van der Waals surface area contributed by atoms with E-state index in [-0.39, 0.29) is 24.6 Å². The average Bonchev–Trinajstić information content (AvgIpc) is 2.68. The van der Waals surface area contributed by atoms with Crippen LogP contribution < -0.4 is 15.4 Å². The van der Waals surface area contributed by atoms with Crippen molar-refractivity contribution in [1.29, 1.82) is 0 Å². The quantitative estimate of drug-likeness (QED) is 0.729. The van der Waals surface area contributed by atoms with Gasteiger partial charge in [-0.1, -0.05) is 0 Å². The number of rotatable bonds is 2. The van der Waals surface area contributed by atoms with Crippen LogP contribution >= 0.6 is 0 Å². The summed E-state index contributed by atoms with van der Waals surface area (Å²) in [6.45, 7) is 1.80. The first-order valence-corrected chi connectivity index (χ1v) is 8.91. The average molecular weight is 398 g/mol. The first kappa shape index (κ1) is 18.7. The van der Waals surface area contributed by atoms with Gasteiger partial charge in [0.1, 0.15) is 17.7 Å². The van der Waals surface area contributed by atoms with Gasteiger partial charge in [-0.3, -0.25) is 14.3 Å². The van der Waals surface area contributed by atoms with Gasteiger partial charge in [0, 0.05) is 31.4 Å². The lowest BCUT2D eigenvalue weighted by atomic mass is 10.1. The van der Waals surface area contributed by atoms with Crippen molar-refractivity contribution >= 4 is 17.5 Å². The SMILES string of the molecule is O=c1cc(N2CCOCC2)nc2n1CCC(C(F)(F)F)N2c1ccc(F)cc1. The Labute approximate surface area is 158 Å². The zero-order chi connectivity index (χ0) is 19.9. The number of ether oxygens (including phenoxy) is 1. The van der Waals surface area contributed by atoms with Crippen LogP contribution in [0.2, 0.25) is 0 Å². The number of alkyl halides is 3. The van der Waals surface area contributed by atoms with E-state index in [1.807, 2.05) is 4.90 Å². The Kier molecular flexibility index (Phi) is 4.74. The van der Waals surface area contributed by atoms with Gasteiger partial charge < -0.3 is 9.64 Å². The van der Waals surface area contributed by atoms with Gasteiger partial charge in [-0.25, -0.2) is 4.39 Å². The van der Waals surface area contributed by atoms with E-state index in [9.17, 15) is 22.4 Å². The number of nitrogens with zero attached hydrogens (tertiary/aromatic N) is 4. The zero-order valence-corrected chi connectivity index (χ0v) is 14.8. The molecule has 1 aromatic heterocycles. The fourth-order valence-corrected chi connectivity index (χ4v) is 3.56. The Morgan fingerprint density at radius 3 is 2.39 bits per heavy atom. The van der Waals surface area contributed by atoms with E-state index in [1.165, 1.54) is 22.8 Å². The van der Waals surface area contributed by atoms with Crippen LogP contribution in [-0.2, 0) is 11.3 Å². The molecule has 1 fully saturated rings. The van der Waals surface area contributed by atoms with Gasteiger partial charge in [0.2, 0.25) is 5.95 Å². The third-order valence-corrected chi connectivity index (χ3v) is 4.95. The molecule has 10 heteroatoms. The van der Waals surface area contributed by atoms with Crippen LogP contribution in [0.25, 0.3) is 0 Å². The fourth-order valence-electron chi connectivity index (χ4n) is 3.56. The molecule has 4 rings (SSSR count). The lowest BCUT2D eigenvalue weighted by Crippen LogP contribution is -2.50. The van der Waals surface area contributed by atoms with Gasteiger partial charge >= 0.3 is 6.18 Å². The zero-order valence-electron chi connectivity index (χ0n) is 14.8. The van der Waals surface area contributed by atoms with E-state index in [0.29, 0.717) is 32.1 Å². The molecule has 150 valence electrons. The minimum absolute atomic E-state index is 0.0887. The maximum Gasteiger partial charge on any atom is 0.409 e. The van der Waals surface area contributed by atoms with Crippen molar-refractivity contribution in [3.05, 3.63) is 46.5 Å². The summed E-state index contributed by atoms with van der Waals surface area (Å²) in [7, 11) is 0. The number of hydrogen-bond acceptors (Lipinski definition) is 5. The van der Waals surface area contributed by atoms with E-state index in [1.54, 1.807) is 0 Å². The minimum atomic E-state index is -4.54. The summed E-state index contributed by atoms with van der Waals surface area (Å²) in [6, 6.07) is 4.18. The van der Waals surface area contributed by atoms with E-state index in [2.05, 4.69) is 4.98 Å². The maximum absolute atomic E-state index is 13.7. The van der Waals surface area contributed by atoms with Gasteiger partial charge in [0.25, 0.3) is 5.56 Å². The number of halogens is 4. The molecule has 0 spiro atoms. The van der Waals surface area contributed by atoms with Gasteiger partial charge in [-0.15, -0.1) is 0 Å². The Morgan fingerprint density at radius 2 is 1.75 bits per heavy atom. The first-order valence-electron chi connectivity index (χ1n) is 8.91. The van der Waals surface area contributed by atoms with Crippen molar-refractivity contribution in [3.63, 3.8) is 0 Å². The number of hydrogen-bond donors (Lipinski definition) is 0. The number of benzene rings is 1.